The summed E-state index contributed by atoms with van der Waals surface area (Å²) in [6.45, 7) is 14.9. The molecule has 1 N–H and O–H groups in total. The van der Waals surface area contributed by atoms with Gasteiger partial charge in [0.2, 0.25) is 0 Å². The van der Waals surface area contributed by atoms with Gasteiger partial charge >= 0.3 is 0 Å². The Morgan fingerprint density at radius 2 is 1.82 bits per heavy atom. The lowest BCUT2D eigenvalue weighted by atomic mass is 9.81. The molecule has 0 radical (unpaired) electrons. The average Bonchev–Trinajstić information content (AvgIpc) is 2.44. The zero-order valence-corrected chi connectivity index (χ0v) is 12.3. The normalized spacial score (nSPS) is 20.3. The van der Waals surface area contributed by atoms with Gasteiger partial charge in [-0.05, 0) is 45.2 Å². The Balaban J connectivity index is 2.46. The molecular formula is C14H30N2O. The third kappa shape index (κ3) is 5.84. The molecule has 1 aliphatic rings. The van der Waals surface area contributed by atoms with E-state index in [1.807, 2.05) is 7.11 Å². The van der Waals surface area contributed by atoms with E-state index in [0.29, 0.717) is 5.41 Å². The van der Waals surface area contributed by atoms with Gasteiger partial charge in [0, 0.05) is 26.7 Å². The molecule has 0 atom stereocenters. The number of nitrogens with one attached hydrogen (secondary N) is 1. The molecule has 17 heavy (non-hydrogen) atoms. The minimum Gasteiger partial charge on any atom is -0.379 e. The van der Waals surface area contributed by atoms with Crippen molar-refractivity contribution >= 4 is 0 Å². The topological polar surface area (TPSA) is 24.5 Å². The van der Waals surface area contributed by atoms with Crippen LogP contribution in [0.1, 0.15) is 40.5 Å². The maximum absolute atomic E-state index is 5.56. The van der Waals surface area contributed by atoms with E-state index >= 15 is 0 Å². The van der Waals surface area contributed by atoms with Gasteiger partial charge in [-0.2, -0.15) is 0 Å². The summed E-state index contributed by atoms with van der Waals surface area (Å²) in [4.78, 5) is 2.59. The molecule has 3 nitrogen and oxygen atoms in total. The number of rotatable bonds is 5. The fourth-order valence-corrected chi connectivity index (χ4v) is 2.95. The minimum atomic E-state index is -0.0202. The molecule has 0 spiro atoms. The average molecular weight is 242 g/mol. The van der Waals surface area contributed by atoms with Gasteiger partial charge < -0.3 is 15.0 Å². The van der Waals surface area contributed by atoms with Crippen molar-refractivity contribution in [2.75, 3.05) is 39.8 Å². The first-order chi connectivity index (χ1) is 7.85. The number of methoxy groups -OCH3 is 1. The van der Waals surface area contributed by atoms with Crippen LogP contribution in [0.4, 0.5) is 0 Å². The second-order valence-electron chi connectivity index (χ2n) is 6.68. The van der Waals surface area contributed by atoms with Gasteiger partial charge in [0.25, 0.3) is 0 Å². The van der Waals surface area contributed by atoms with Crippen molar-refractivity contribution in [2.24, 2.45) is 5.41 Å². The van der Waals surface area contributed by atoms with Crippen molar-refractivity contribution in [3.8, 4) is 0 Å². The quantitative estimate of drug-likeness (QED) is 0.799. The van der Waals surface area contributed by atoms with Crippen LogP contribution in [-0.2, 0) is 4.74 Å². The highest BCUT2D eigenvalue weighted by Gasteiger charge is 2.30. The first kappa shape index (κ1) is 14.9. The van der Waals surface area contributed by atoms with Crippen LogP contribution in [0.15, 0.2) is 0 Å². The summed E-state index contributed by atoms with van der Waals surface area (Å²) in [5, 5.41) is 3.46. The van der Waals surface area contributed by atoms with Crippen molar-refractivity contribution in [1.82, 2.24) is 10.2 Å². The van der Waals surface area contributed by atoms with Crippen molar-refractivity contribution < 1.29 is 4.74 Å². The fraction of sp³-hybridized carbons (Fsp3) is 1.00. The molecule has 0 aromatic rings. The summed E-state index contributed by atoms with van der Waals surface area (Å²) < 4.78 is 5.56. The van der Waals surface area contributed by atoms with E-state index in [1.165, 1.54) is 32.6 Å². The monoisotopic (exact) mass is 242 g/mol. The van der Waals surface area contributed by atoms with Gasteiger partial charge in [-0.1, -0.05) is 13.8 Å². The van der Waals surface area contributed by atoms with Gasteiger partial charge in [-0.15, -0.1) is 0 Å². The maximum atomic E-state index is 5.56. The number of nitrogens with zero attached hydrogens (tertiary/aromatic N) is 1. The lowest BCUT2D eigenvalue weighted by Crippen LogP contribution is -2.40. The molecule has 1 aliphatic heterocycles. The Kier molecular flexibility index (Phi) is 5.42. The van der Waals surface area contributed by atoms with Crippen LogP contribution in [0.5, 0.6) is 0 Å². The van der Waals surface area contributed by atoms with Gasteiger partial charge in [0.05, 0.1) is 5.60 Å². The molecule has 3 heteroatoms. The zero-order chi connectivity index (χ0) is 12.9. The summed E-state index contributed by atoms with van der Waals surface area (Å²) in [6, 6.07) is 0. The first-order valence-electron chi connectivity index (χ1n) is 6.83. The second kappa shape index (κ2) is 6.17. The molecule has 102 valence electrons. The Morgan fingerprint density at radius 3 is 2.47 bits per heavy atom. The van der Waals surface area contributed by atoms with E-state index in [2.05, 4.69) is 37.9 Å². The van der Waals surface area contributed by atoms with Gasteiger partial charge in [-0.25, -0.2) is 0 Å². The molecule has 1 saturated heterocycles. The highest BCUT2D eigenvalue weighted by Crippen LogP contribution is 2.30. The van der Waals surface area contributed by atoms with E-state index in [4.69, 9.17) is 4.74 Å². The van der Waals surface area contributed by atoms with E-state index in [1.54, 1.807) is 0 Å². The number of ether oxygens (including phenoxy) is 1. The van der Waals surface area contributed by atoms with Crippen LogP contribution in [-0.4, -0.2) is 50.3 Å². The third-order valence-electron chi connectivity index (χ3n) is 3.54. The Bertz CT molecular complexity index is 218. The van der Waals surface area contributed by atoms with Crippen LogP contribution in [0.25, 0.3) is 0 Å². The molecule has 1 rings (SSSR count). The van der Waals surface area contributed by atoms with Gasteiger partial charge in [0.15, 0.2) is 0 Å². The van der Waals surface area contributed by atoms with E-state index in [9.17, 15) is 0 Å². The molecule has 1 heterocycles. The molecule has 0 amide bonds. The van der Waals surface area contributed by atoms with Crippen LogP contribution in [0, 0.1) is 5.41 Å². The van der Waals surface area contributed by atoms with Crippen molar-refractivity contribution in [3.63, 3.8) is 0 Å². The molecule has 0 aromatic carbocycles. The molecule has 0 bridgehead atoms. The lowest BCUT2D eigenvalue weighted by Gasteiger charge is -2.37. The lowest BCUT2D eigenvalue weighted by molar-refractivity contribution is -0.0198. The predicted molar refractivity (Wildman–Crippen MR) is 73.4 cm³/mol. The third-order valence-corrected chi connectivity index (χ3v) is 3.54. The zero-order valence-electron chi connectivity index (χ0n) is 12.3. The smallest absolute Gasteiger partial charge is 0.0628 e. The SMILES string of the molecule is COC(C)(C)CC(C)(C)CN1CCCNCC1. The molecule has 0 aromatic heterocycles. The van der Waals surface area contributed by atoms with E-state index < -0.39 is 0 Å². The van der Waals surface area contributed by atoms with E-state index in [-0.39, 0.29) is 5.60 Å². The first-order valence-corrected chi connectivity index (χ1v) is 6.83. The number of hydrogen-bond acceptors (Lipinski definition) is 3. The summed E-state index contributed by atoms with van der Waals surface area (Å²) in [6.07, 6.45) is 2.37. The van der Waals surface area contributed by atoms with Crippen molar-refractivity contribution in [2.45, 2.75) is 46.1 Å². The fourth-order valence-electron chi connectivity index (χ4n) is 2.95. The Labute approximate surface area is 107 Å². The Morgan fingerprint density at radius 1 is 1.12 bits per heavy atom. The van der Waals surface area contributed by atoms with Crippen LogP contribution in [0.3, 0.4) is 0 Å². The molecule has 1 fully saturated rings. The predicted octanol–water partition coefficient (Wildman–Crippen LogP) is 2.12. The minimum absolute atomic E-state index is 0.0202. The molecular weight excluding hydrogens is 212 g/mol. The van der Waals surface area contributed by atoms with Crippen LogP contribution >= 0.6 is 0 Å². The van der Waals surface area contributed by atoms with Gasteiger partial charge in [-0.3, -0.25) is 0 Å². The largest absolute Gasteiger partial charge is 0.379 e. The summed E-state index contributed by atoms with van der Waals surface area (Å²) in [5.74, 6) is 0. The van der Waals surface area contributed by atoms with Crippen LogP contribution in [0.2, 0.25) is 0 Å². The summed E-state index contributed by atoms with van der Waals surface area (Å²) in [7, 11) is 1.81. The second-order valence-corrected chi connectivity index (χ2v) is 6.68. The summed E-state index contributed by atoms with van der Waals surface area (Å²) >= 11 is 0. The van der Waals surface area contributed by atoms with E-state index in [0.717, 1.165) is 13.0 Å². The van der Waals surface area contributed by atoms with Crippen molar-refractivity contribution in [1.29, 1.82) is 0 Å². The van der Waals surface area contributed by atoms with Crippen molar-refractivity contribution in [3.05, 3.63) is 0 Å². The highest BCUT2D eigenvalue weighted by atomic mass is 16.5. The van der Waals surface area contributed by atoms with Gasteiger partial charge in [0.1, 0.15) is 0 Å². The number of hydrogen-bond donors (Lipinski definition) is 1. The standard InChI is InChI=1S/C14H30N2O/c1-13(2,11-14(3,4)17-5)12-16-9-6-7-15-8-10-16/h15H,6-12H2,1-5H3. The molecule has 0 unspecified atom stereocenters. The Hall–Kier alpha value is -0.120. The maximum Gasteiger partial charge on any atom is 0.0628 e. The summed E-state index contributed by atoms with van der Waals surface area (Å²) in [5.41, 5.74) is 0.289. The molecule has 0 aliphatic carbocycles. The van der Waals surface area contributed by atoms with Crippen LogP contribution < -0.4 is 5.32 Å². The highest BCUT2D eigenvalue weighted by molar-refractivity contribution is 4.83. The molecule has 0 saturated carbocycles.